The molecule has 1 atom stereocenters. The van der Waals surface area contributed by atoms with Crippen molar-refractivity contribution in [2.24, 2.45) is 0 Å². The molecular formula is C17H17F4N5O. The zero-order chi connectivity index (χ0) is 20.0. The number of hydrogen-bond acceptors (Lipinski definition) is 5. The van der Waals surface area contributed by atoms with E-state index in [-0.39, 0.29) is 5.56 Å². The first-order chi connectivity index (χ1) is 12.5. The van der Waals surface area contributed by atoms with E-state index >= 15 is 0 Å². The number of nitrogens with one attached hydrogen (secondary N) is 1. The van der Waals surface area contributed by atoms with Gasteiger partial charge in [-0.25, -0.2) is 8.91 Å². The molecule has 3 rings (SSSR count). The van der Waals surface area contributed by atoms with Gasteiger partial charge in [-0.05, 0) is 38.5 Å². The van der Waals surface area contributed by atoms with E-state index in [9.17, 15) is 22.7 Å². The Morgan fingerprint density at radius 2 is 1.89 bits per heavy atom. The van der Waals surface area contributed by atoms with Crippen LogP contribution in [0.3, 0.4) is 0 Å². The highest BCUT2D eigenvalue weighted by Gasteiger charge is 2.36. The fraction of sp³-hybridized carbons (Fsp3) is 0.353. The zero-order valence-electron chi connectivity index (χ0n) is 14.7. The Bertz CT molecular complexity index is 978. The van der Waals surface area contributed by atoms with Gasteiger partial charge in [-0.1, -0.05) is 6.07 Å². The topological polar surface area (TPSA) is 75.3 Å². The van der Waals surface area contributed by atoms with Gasteiger partial charge >= 0.3 is 6.18 Å². The minimum absolute atomic E-state index is 0.147. The van der Waals surface area contributed by atoms with Crippen LogP contribution in [0.4, 0.5) is 23.4 Å². The predicted octanol–water partition coefficient (Wildman–Crippen LogP) is 3.51. The van der Waals surface area contributed by atoms with Crippen molar-refractivity contribution < 1.29 is 22.7 Å². The minimum Gasteiger partial charge on any atom is -0.388 e. The van der Waals surface area contributed by atoms with Gasteiger partial charge in [0, 0.05) is 11.8 Å². The Balaban J connectivity index is 2.00. The van der Waals surface area contributed by atoms with E-state index < -0.39 is 29.2 Å². The van der Waals surface area contributed by atoms with Crippen molar-refractivity contribution in [3.05, 3.63) is 53.2 Å². The Morgan fingerprint density at radius 1 is 1.19 bits per heavy atom. The van der Waals surface area contributed by atoms with Gasteiger partial charge in [0.05, 0.1) is 17.2 Å². The van der Waals surface area contributed by atoms with Gasteiger partial charge in [0.2, 0.25) is 0 Å². The molecule has 1 aromatic carbocycles. The molecule has 2 heterocycles. The van der Waals surface area contributed by atoms with Gasteiger partial charge in [-0.15, -0.1) is 0 Å². The van der Waals surface area contributed by atoms with Crippen molar-refractivity contribution in [2.75, 3.05) is 5.32 Å². The molecule has 3 aromatic rings. The van der Waals surface area contributed by atoms with Gasteiger partial charge in [0.1, 0.15) is 18.0 Å². The molecule has 2 N–H and O–H groups in total. The molecule has 10 heteroatoms. The summed E-state index contributed by atoms with van der Waals surface area (Å²) in [6.45, 7) is 4.69. The van der Waals surface area contributed by atoms with Crippen molar-refractivity contribution in [1.82, 2.24) is 19.6 Å². The fourth-order valence-electron chi connectivity index (χ4n) is 2.79. The summed E-state index contributed by atoms with van der Waals surface area (Å²) in [5.74, 6) is -0.779. The molecule has 0 aliphatic carbocycles. The quantitative estimate of drug-likeness (QED) is 0.675. The summed E-state index contributed by atoms with van der Waals surface area (Å²) >= 11 is 0. The van der Waals surface area contributed by atoms with E-state index in [1.165, 1.54) is 24.7 Å². The third-order valence-electron chi connectivity index (χ3n) is 4.06. The lowest BCUT2D eigenvalue weighted by molar-refractivity contribution is -0.140. The van der Waals surface area contributed by atoms with Crippen LogP contribution in [0.1, 0.15) is 36.7 Å². The number of rotatable bonds is 4. The number of halogens is 4. The first-order valence-electron chi connectivity index (χ1n) is 8.00. The molecule has 0 bridgehead atoms. The van der Waals surface area contributed by atoms with Crippen LogP contribution < -0.4 is 5.32 Å². The van der Waals surface area contributed by atoms with E-state index in [0.717, 1.165) is 12.1 Å². The monoisotopic (exact) mass is 383 g/mol. The maximum atomic E-state index is 14.0. The van der Waals surface area contributed by atoms with Crippen molar-refractivity contribution in [3.63, 3.8) is 0 Å². The summed E-state index contributed by atoms with van der Waals surface area (Å²) < 4.78 is 53.9. The smallest absolute Gasteiger partial charge is 0.388 e. The van der Waals surface area contributed by atoms with Crippen LogP contribution in [-0.4, -0.2) is 30.3 Å². The summed E-state index contributed by atoms with van der Waals surface area (Å²) in [5, 5.41) is 17.4. The molecule has 0 fully saturated rings. The molecule has 0 saturated heterocycles. The standard InChI is InChI=1S/C17H17F4N5O/c1-9-6-13(25-15-22-8-23-26(9)15)24-14(16(2,3)27)10-4-5-11(12(18)7-10)17(19,20)21/h4-8,14,27H,1-3H3,(H,22,23,24,25). The lowest BCUT2D eigenvalue weighted by Crippen LogP contribution is -2.35. The Labute approximate surface area is 151 Å². The van der Waals surface area contributed by atoms with E-state index in [2.05, 4.69) is 20.4 Å². The second-order valence-electron chi connectivity index (χ2n) is 6.72. The summed E-state index contributed by atoms with van der Waals surface area (Å²) in [4.78, 5) is 8.24. The van der Waals surface area contributed by atoms with E-state index in [1.54, 1.807) is 13.0 Å². The van der Waals surface area contributed by atoms with E-state index in [0.29, 0.717) is 23.4 Å². The second kappa shape index (κ2) is 6.45. The van der Waals surface area contributed by atoms with Crippen molar-refractivity contribution in [1.29, 1.82) is 0 Å². The number of benzene rings is 1. The van der Waals surface area contributed by atoms with Crippen molar-refractivity contribution >= 4 is 11.6 Å². The zero-order valence-corrected chi connectivity index (χ0v) is 14.7. The predicted molar refractivity (Wildman–Crippen MR) is 89.6 cm³/mol. The fourth-order valence-corrected chi connectivity index (χ4v) is 2.79. The van der Waals surface area contributed by atoms with Crippen LogP contribution in [0.15, 0.2) is 30.6 Å². The second-order valence-corrected chi connectivity index (χ2v) is 6.72. The number of alkyl halides is 3. The minimum atomic E-state index is -4.79. The highest BCUT2D eigenvalue weighted by atomic mass is 19.4. The summed E-state index contributed by atoms with van der Waals surface area (Å²) in [6, 6.07) is 3.27. The number of anilines is 1. The Morgan fingerprint density at radius 3 is 2.48 bits per heavy atom. The molecular weight excluding hydrogens is 366 g/mol. The van der Waals surface area contributed by atoms with E-state index in [4.69, 9.17) is 0 Å². The van der Waals surface area contributed by atoms with Crippen LogP contribution in [-0.2, 0) is 6.18 Å². The lowest BCUT2D eigenvalue weighted by atomic mass is 9.91. The van der Waals surface area contributed by atoms with Gasteiger partial charge in [0.15, 0.2) is 0 Å². The lowest BCUT2D eigenvalue weighted by Gasteiger charge is -2.31. The SMILES string of the molecule is Cc1cc(NC(c2ccc(C(F)(F)F)c(F)c2)C(C)(C)O)nc2ncnn12. The summed E-state index contributed by atoms with van der Waals surface area (Å²) in [7, 11) is 0. The number of aromatic nitrogens is 4. The molecule has 2 aromatic heterocycles. The molecule has 1 unspecified atom stereocenters. The molecule has 0 aliphatic heterocycles. The molecule has 144 valence electrons. The number of nitrogens with zero attached hydrogens (tertiary/aromatic N) is 4. The van der Waals surface area contributed by atoms with Crippen LogP contribution in [0.5, 0.6) is 0 Å². The largest absolute Gasteiger partial charge is 0.419 e. The number of aryl methyl sites for hydroxylation is 1. The third-order valence-corrected chi connectivity index (χ3v) is 4.06. The summed E-state index contributed by atoms with van der Waals surface area (Å²) in [5.41, 5.74) is -1.94. The Kier molecular flexibility index (Phi) is 4.54. The van der Waals surface area contributed by atoms with Crippen LogP contribution in [0, 0.1) is 12.7 Å². The van der Waals surface area contributed by atoms with Gasteiger partial charge in [-0.2, -0.15) is 28.2 Å². The highest BCUT2D eigenvalue weighted by molar-refractivity contribution is 5.46. The van der Waals surface area contributed by atoms with Crippen molar-refractivity contribution in [2.45, 2.75) is 38.6 Å². The average molecular weight is 383 g/mol. The number of hydrogen-bond donors (Lipinski definition) is 2. The van der Waals surface area contributed by atoms with Crippen LogP contribution >= 0.6 is 0 Å². The highest BCUT2D eigenvalue weighted by Crippen LogP contribution is 2.35. The average Bonchev–Trinajstić information content (AvgIpc) is 2.99. The van der Waals surface area contributed by atoms with Crippen molar-refractivity contribution in [3.8, 4) is 0 Å². The normalized spacial score (nSPS) is 13.8. The third kappa shape index (κ3) is 3.85. The maximum Gasteiger partial charge on any atom is 0.419 e. The van der Waals surface area contributed by atoms with E-state index in [1.807, 2.05) is 0 Å². The van der Waals surface area contributed by atoms with Gasteiger partial charge in [0.25, 0.3) is 5.78 Å². The number of fused-ring (bicyclic) bond motifs is 1. The van der Waals surface area contributed by atoms with Crippen LogP contribution in [0.2, 0.25) is 0 Å². The first-order valence-corrected chi connectivity index (χ1v) is 8.00. The van der Waals surface area contributed by atoms with Crippen LogP contribution in [0.25, 0.3) is 5.78 Å². The molecule has 0 aliphatic rings. The molecule has 0 radical (unpaired) electrons. The van der Waals surface area contributed by atoms with Gasteiger partial charge < -0.3 is 10.4 Å². The van der Waals surface area contributed by atoms with Gasteiger partial charge in [-0.3, -0.25) is 0 Å². The number of aliphatic hydroxyl groups is 1. The Hall–Kier alpha value is -2.75. The molecule has 0 saturated carbocycles. The summed E-state index contributed by atoms with van der Waals surface area (Å²) in [6.07, 6.45) is -3.46. The molecule has 6 nitrogen and oxygen atoms in total. The molecule has 0 amide bonds. The maximum absolute atomic E-state index is 14.0. The molecule has 0 spiro atoms. The first kappa shape index (κ1) is 19.0. The molecule has 27 heavy (non-hydrogen) atoms.